The van der Waals surface area contributed by atoms with Crippen molar-refractivity contribution in [3.8, 4) is 11.5 Å². The average molecular weight is 481 g/mol. The minimum Gasteiger partial charge on any atom is -0.493 e. The van der Waals surface area contributed by atoms with Gasteiger partial charge in [-0.15, -0.1) is 0 Å². The standard InChI is InChI=1S/C27H29ClN2O4/c1-4-29-27(32)26(21-8-6-5-7-9-21)30(18-19-10-13-22(28)14-11-19)25(31)17-20-12-15-23(33-2)24(16-20)34-3/h5-16,26H,4,17-18H2,1-3H3,(H,29,32). The van der Waals surface area contributed by atoms with Crippen LogP contribution in [0.4, 0.5) is 0 Å². The van der Waals surface area contributed by atoms with E-state index in [1.54, 1.807) is 43.4 Å². The molecule has 0 spiro atoms. The largest absolute Gasteiger partial charge is 0.493 e. The van der Waals surface area contributed by atoms with Gasteiger partial charge in [-0.05, 0) is 47.9 Å². The molecule has 2 amide bonds. The summed E-state index contributed by atoms with van der Waals surface area (Å²) in [6.45, 7) is 2.57. The fourth-order valence-corrected chi connectivity index (χ4v) is 3.88. The Bertz CT molecular complexity index is 1100. The van der Waals surface area contributed by atoms with Gasteiger partial charge >= 0.3 is 0 Å². The lowest BCUT2D eigenvalue weighted by Gasteiger charge is -2.31. The number of rotatable bonds is 10. The fraction of sp³-hybridized carbons (Fsp3) is 0.259. The molecule has 1 N–H and O–H groups in total. The lowest BCUT2D eigenvalue weighted by atomic mass is 10.0. The molecular formula is C27H29ClN2O4. The van der Waals surface area contributed by atoms with E-state index in [-0.39, 0.29) is 24.8 Å². The highest BCUT2D eigenvalue weighted by Crippen LogP contribution is 2.29. The number of carbonyl (C=O) groups excluding carboxylic acids is 2. The third-order valence-corrected chi connectivity index (χ3v) is 5.67. The third kappa shape index (κ3) is 6.29. The lowest BCUT2D eigenvalue weighted by Crippen LogP contribution is -2.44. The summed E-state index contributed by atoms with van der Waals surface area (Å²) in [7, 11) is 3.12. The van der Waals surface area contributed by atoms with Gasteiger partial charge in [0.1, 0.15) is 6.04 Å². The normalized spacial score (nSPS) is 11.4. The number of hydrogen-bond donors (Lipinski definition) is 1. The van der Waals surface area contributed by atoms with E-state index in [2.05, 4.69) is 5.32 Å². The van der Waals surface area contributed by atoms with E-state index in [1.807, 2.05) is 55.5 Å². The van der Waals surface area contributed by atoms with Crippen LogP contribution in [0.15, 0.2) is 72.8 Å². The van der Waals surface area contributed by atoms with E-state index in [0.717, 1.165) is 16.7 Å². The zero-order chi connectivity index (χ0) is 24.5. The molecule has 0 saturated carbocycles. The van der Waals surface area contributed by atoms with Gasteiger partial charge in [-0.2, -0.15) is 0 Å². The average Bonchev–Trinajstić information content (AvgIpc) is 2.85. The number of nitrogens with one attached hydrogen (secondary N) is 1. The molecule has 0 radical (unpaired) electrons. The van der Waals surface area contributed by atoms with Crippen LogP contribution in [0.3, 0.4) is 0 Å². The molecule has 0 aromatic heterocycles. The van der Waals surface area contributed by atoms with Crippen LogP contribution in [0.5, 0.6) is 11.5 Å². The van der Waals surface area contributed by atoms with Gasteiger partial charge in [-0.1, -0.05) is 60.1 Å². The Balaban J connectivity index is 2.00. The molecule has 6 nitrogen and oxygen atoms in total. The number of carbonyl (C=O) groups is 2. The first-order valence-electron chi connectivity index (χ1n) is 11.0. The maximum atomic E-state index is 13.7. The second-order valence-corrected chi connectivity index (χ2v) is 8.16. The van der Waals surface area contributed by atoms with Crippen molar-refractivity contribution in [3.05, 3.63) is 94.5 Å². The van der Waals surface area contributed by atoms with Crippen molar-refractivity contribution in [1.29, 1.82) is 0 Å². The molecule has 1 atom stereocenters. The van der Waals surface area contributed by atoms with Crippen LogP contribution < -0.4 is 14.8 Å². The Hall–Kier alpha value is -3.51. The number of amides is 2. The quantitative estimate of drug-likeness (QED) is 0.452. The summed E-state index contributed by atoms with van der Waals surface area (Å²) in [5.74, 6) is 0.701. The molecular weight excluding hydrogens is 452 g/mol. The van der Waals surface area contributed by atoms with E-state index in [9.17, 15) is 9.59 Å². The highest BCUT2D eigenvalue weighted by molar-refractivity contribution is 6.30. The highest BCUT2D eigenvalue weighted by atomic mass is 35.5. The molecule has 0 saturated heterocycles. The van der Waals surface area contributed by atoms with Crippen molar-refractivity contribution in [2.24, 2.45) is 0 Å². The van der Waals surface area contributed by atoms with Crippen molar-refractivity contribution < 1.29 is 19.1 Å². The minimum absolute atomic E-state index is 0.0939. The van der Waals surface area contributed by atoms with Gasteiger partial charge in [0.05, 0.1) is 20.6 Å². The van der Waals surface area contributed by atoms with E-state index < -0.39 is 6.04 Å². The molecule has 3 rings (SSSR count). The second-order valence-electron chi connectivity index (χ2n) is 7.72. The van der Waals surface area contributed by atoms with Crippen molar-refractivity contribution in [1.82, 2.24) is 10.2 Å². The Labute approximate surface area is 205 Å². The Kier molecular flexibility index (Phi) is 8.93. The zero-order valence-corrected chi connectivity index (χ0v) is 20.3. The van der Waals surface area contributed by atoms with Crippen LogP contribution >= 0.6 is 11.6 Å². The molecule has 0 aliphatic rings. The van der Waals surface area contributed by atoms with Gasteiger partial charge < -0.3 is 19.7 Å². The third-order valence-electron chi connectivity index (χ3n) is 5.42. The molecule has 0 fully saturated rings. The van der Waals surface area contributed by atoms with Gasteiger partial charge in [-0.3, -0.25) is 9.59 Å². The van der Waals surface area contributed by atoms with Crippen LogP contribution in [0.25, 0.3) is 0 Å². The molecule has 3 aromatic carbocycles. The van der Waals surface area contributed by atoms with Crippen molar-refractivity contribution in [2.75, 3.05) is 20.8 Å². The summed E-state index contributed by atoms with van der Waals surface area (Å²) < 4.78 is 10.7. The Morgan fingerprint density at radius 1 is 0.912 bits per heavy atom. The van der Waals surface area contributed by atoms with Crippen LogP contribution in [-0.4, -0.2) is 37.5 Å². The van der Waals surface area contributed by atoms with Gasteiger partial charge in [0.25, 0.3) is 0 Å². The number of halogens is 1. The molecule has 34 heavy (non-hydrogen) atoms. The van der Waals surface area contributed by atoms with Crippen LogP contribution in [0.1, 0.15) is 29.7 Å². The number of methoxy groups -OCH3 is 2. The van der Waals surface area contributed by atoms with Gasteiger partial charge in [0.15, 0.2) is 11.5 Å². The number of benzene rings is 3. The first kappa shape index (κ1) is 25.1. The summed E-state index contributed by atoms with van der Waals surface area (Å²) in [6.07, 6.45) is 0.0939. The first-order valence-corrected chi connectivity index (χ1v) is 11.4. The zero-order valence-electron chi connectivity index (χ0n) is 19.6. The fourth-order valence-electron chi connectivity index (χ4n) is 3.76. The molecule has 0 aliphatic carbocycles. The van der Waals surface area contributed by atoms with Gasteiger partial charge in [0.2, 0.25) is 11.8 Å². The van der Waals surface area contributed by atoms with Gasteiger partial charge in [-0.25, -0.2) is 0 Å². The summed E-state index contributed by atoms with van der Waals surface area (Å²) in [5.41, 5.74) is 2.37. The van der Waals surface area contributed by atoms with Crippen LogP contribution in [0, 0.1) is 0 Å². The molecule has 7 heteroatoms. The van der Waals surface area contributed by atoms with Crippen LogP contribution in [-0.2, 0) is 22.6 Å². The Morgan fingerprint density at radius 2 is 1.56 bits per heavy atom. The number of nitrogens with zero attached hydrogens (tertiary/aromatic N) is 1. The molecule has 178 valence electrons. The smallest absolute Gasteiger partial charge is 0.247 e. The SMILES string of the molecule is CCNC(=O)C(c1ccccc1)N(Cc1ccc(Cl)cc1)C(=O)Cc1ccc(OC)c(OC)c1. The van der Waals surface area contributed by atoms with Crippen molar-refractivity contribution >= 4 is 23.4 Å². The summed E-state index contributed by atoms with van der Waals surface area (Å²) >= 11 is 6.05. The Morgan fingerprint density at radius 3 is 2.18 bits per heavy atom. The summed E-state index contributed by atoms with van der Waals surface area (Å²) in [5, 5.41) is 3.49. The van der Waals surface area contributed by atoms with Gasteiger partial charge in [0, 0.05) is 18.1 Å². The van der Waals surface area contributed by atoms with Crippen LogP contribution in [0.2, 0.25) is 5.02 Å². The minimum atomic E-state index is -0.788. The number of likely N-dealkylation sites (N-methyl/N-ethyl adjacent to an activating group) is 1. The molecule has 0 aliphatic heterocycles. The van der Waals surface area contributed by atoms with Crippen molar-refractivity contribution in [2.45, 2.75) is 25.9 Å². The molecule has 0 bridgehead atoms. The first-order chi connectivity index (χ1) is 16.5. The lowest BCUT2D eigenvalue weighted by molar-refractivity contribution is -0.141. The summed E-state index contributed by atoms with van der Waals surface area (Å²) in [4.78, 5) is 28.5. The molecule has 0 heterocycles. The molecule has 1 unspecified atom stereocenters. The highest BCUT2D eigenvalue weighted by Gasteiger charge is 2.31. The van der Waals surface area contributed by atoms with E-state index in [1.165, 1.54) is 0 Å². The maximum Gasteiger partial charge on any atom is 0.247 e. The van der Waals surface area contributed by atoms with E-state index >= 15 is 0 Å². The predicted molar refractivity (Wildman–Crippen MR) is 133 cm³/mol. The predicted octanol–water partition coefficient (Wildman–Crippen LogP) is 4.81. The maximum absolute atomic E-state index is 13.7. The summed E-state index contributed by atoms with van der Waals surface area (Å²) in [6, 6.07) is 21.2. The number of ether oxygens (including phenoxy) is 2. The second kappa shape index (κ2) is 12.1. The molecule has 3 aromatic rings. The monoisotopic (exact) mass is 480 g/mol. The topological polar surface area (TPSA) is 67.9 Å². The van der Waals surface area contributed by atoms with Crippen molar-refractivity contribution in [3.63, 3.8) is 0 Å². The van der Waals surface area contributed by atoms with E-state index in [4.69, 9.17) is 21.1 Å². The number of hydrogen-bond acceptors (Lipinski definition) is 4. The van der Waals surface area contributed by atoms with E-state index in [0.29, 0.717) is 23.1 Å².